The van der Waals surface area contributed by atoms with Gasteiger partial charge >= 0.3 is 11.9 Å². The normalized spacial score (nSPS) is 12.7. The minimum Gasteiger partial charge on any atom is -0.480 e. The topological polar surface area (TPSA) is 119 Å². The first-order valence-corrected chi connectivity index (χ1v) is 5.60. The molecule has 0 aliphatic rings. The molecule has 0 aliphatic heterocycles. The molecule has 7 heteroatoms. The molecule has 0 saturated heterocycles. The van der Waals surface area contributed by atoms with Crippen LogP contribution >= 0.6 is 0 Å². The van der Waals surface area contributed by atoms with Gasteiger partial charge in [0.2, 0.25) is 5.91 Å². The SMILES string of the molecule is CC(C)(C)OC(=O)C[C@H](NC(=O)CCN)C(=O)O. The summed E-state index contributed by atoms with van der Waals surface area (Å²) in [5.41, 5.74) is 4.47. The Labute approximate surface area is 106 Å². The molecule has 0 rings (SSSR count). The molecule has 0 aromatic carbocycles. The van der Waals surface area contributed by atoms with E-state index in [1.807, 2.05) is 0 Å². The Morgan fingerprint density at radius 1 is 1.33 bits per heavy atom. The second-order valence-electron chi connectivity index (χ2n) is 4.79. The van der Waals surface area contributed by atoms with Crippen molar-refractivity contribution in [2.24, 2.45) is 5.73 Å². The molecule has 0 radical (unpaired) electrons. The van der Waals surface area contributed by atoms with Crippen molar-refractivity contribution in [2.75, 3.05) is 6.54 Å². The number of hydrogen-bond acceptors (Lipinski definition) is 5. The summed E-state index contributed by atoms with van der Waals surface area (Å²) < 4.78 is 4.98. The molecule has 1 atom stereocenters. The van der Waals surface area contributed by atoms with Gasteiger partial charge in [-0.3, -0.25) is 9.59 Å². The van der Waals surface area contributed by atoms with Crippen molar-refractivity contribution in [2.45, 2.75) is 45.3 Å². The predicted octanol–water partition coefficient (Wildman–Crippen LogP) is -0.364. The number of carboxylic acid groups (broad SMARTS) is 1. The van der Waals surface area contributed by atoms with Crippen molar-refractivity contribution >= 4 is 17.8 Å². The minimum absolute atomic E-state index is 0.0120. The lowest BCUT2D eigenvalue weighted by atomic mass is 10.1. The van der Waals surface area contributed by atoms with Crippen LogP contribution in [0.4, 0.5) is 0 Å². The Morgan fingerprint density at radius 3 is 2.28 bits per heavy atom. The number of carbonyl (C=O) groups is 3. The van der Waals surface area contributed by atoms with Crippen LogP contribution in [0.3, 0.4) is 0 Å². The highest BCUT2D eigenvalue weighted by atomic mass is 16.6. The molecule has 1 amide bonds. The van der Waals surface area contributed by atoms with E-state index in [2.05, 4.69) is 5.32 Å². The second-order valence-corrected chi connectivity index (χ2v) is 4.79. The molecule has 7 nitrogen and oxygen atoms in total. The number of hydrogen-bond donors (Lipinski definition) is 3. The molecule has 0 saturated carbocycles. The average molecular weight is 260 g/mol. The van der Waals surface area contributed by atoms with Crippen molar-refractivity contribution in [3.05, 3.63) is 0 Å². The first-order chi connectivity index (χ1) is 8.15. The summed E-state index contributed by atoms with van der Waals surface area (Å²) in [5.74, 6) is -2.47. The number of nitrogens with one attached hydrogen (secondary N) is 1. The van der Waals surface area contributed by atoms with Crippen LogP contribution in [0.25, 0.3) is 0 Å². The number of carboxylic acids is 1. The summed E-state index contributed by atoms with van der Waals surface area (Å²) in [4.78, 5) is 33.6. The maximum atomic E-state index is 11.5. The molecular formula is C11H20N2O5. The van der Waals surface area contributed by atoms with Crippen molar-refractivity contribution in [3.8, 4) is 0 Å². The third-order valence-corrected chi connectivity index (χ3v) is 1.80. The number of ether oxygens (including phenoxy) is 1. The van der Waals surface area contributed by atoms with E-state index in [-0.39, 0.29) is 13.0 Å². The first kappa shape index (κ1) is 16.4. The minimum atomic E-state index is -1.29. The highest BCUT2D eigenvalue weighted by Gasteiger charge is 2.26. The van der Waals surface area contributed by atoms with Gasteiger partial charge in [-0.15, -0.1) is 0 Å². The largest absolute Gasteiger partial charge is 0.480 e. The van der Waals surface area contributed by atoms with E-state index in [9.17, 15) is 14.4 Å². The number of amides is 1. The molecule has 0 heterocycles. The zero-order valence-corrected chi connectivity index (χ0v) is 10.9. The first-order valence-electron chi connectivity index (χ1n) is 5.60. The van der Waals surface area contributed by atoms with Crippen molar-refractivity contribution in [1.82, 2.24) is 5.32 Å². The maximum Gasteiger partial charge on any atom is 0.326 e. The number of rotatable bonds is 6. The molecule has 0 aliphatic carbocycles. The fourth-order valence-electron chi connectivity index (χ4n) is 1.15. The Bertz CT molecular complexity index is 322. The number of esters is 1. The Kier molecular flexibility index (Phi) is 6.32. The summed E-state index contributed by atoms with van der Waals surface area (Å²) in [7, 11) is 0. The molecule has 0 spiro atoms. The Hall–Kier alpha value is -1.63. The van der Waals surface area contributed by atoms with E-state index in [1.54, 1.807) is 20.8 Å². The molecule has 0 fully saturated rings. The molecule has 104 valence electrons. The van der Waals surface area contributed by atoms with Gasteiger partial charge in [0.25, 0.3) is 0 Å². The van der Waals surface area contributed by atoms with E-state index in [1.165, 1.54) is 0 Å². The van der Waals surface area contributed by atoms with Crippen molar-refractivity contribution < 1.29 is 24.2 Å². The van der Waals surface area contributed by atoms with Crippen LogP contribution < -0.4 is 11.1 Å². The number of carbonyl (C=O) groups excluding carboxylic acids is 2. The summed E-state index contributed by atoms with van der Waals surface area (Å²) >= 11 is 0. The number of aliphatic carboxylic acids is 1. The molecule has 18 heavy (non-hydrogen) atoms. The van der Waals surface area contributed by atoms with Crippen LogP contribution in [0.15, 0.2) is 0 Å². The third-order valence-electron chi connectivity index (χ3n) is 1.80. The average Bonchev–Trinajstić information content (AvgIpc) is 2.13. The molecule has 0 bridgehead atoms. The summed E-state index contributed by atoms with van der Waals surface area (Å²) in [6.07, 6.45) is -0.402. The molecule has 0 aromatic heterocycles. The van der Waals surface area contributed by atoms with Gasteiger partial charge < -0.3 is 20.9 Å². The van der Waals surface area contributed by atoms with E-state index in [0.717, 1.165) is 0 Å². The summed E-state index contributed by atoms with van der Waals surface area (Å²) in [6.45, 7) is 5.14. The lowest BCUT2D eigenvalue weighted by Gasteiger charge is -2.21. The van der Waals surface area contributed by atoms with E-state index >= 15 is 0 Å². The van der Waals surface area contributed by atoms with Crippen molar-refractivity contribution in [3.63, 3.8) is 0 Å². The van der Waals surface area contributed by atoms with E-state index < -0.39 is 35.9 Å². The Morgan fingerprint density at radius 2 is 1.89 bits per heavy atom. The van der Waals surface area contributed by atoms with Crippen LogP contribution in [0.1, 0.15) is 33.6 Å². The van der Waals surface area contributed by atoms with Gasteiger partial charge in [0.15, 0.2) is 0 Å². The monoisotopic (exact) mass is 260 g/mol. The van der Waals surface area contributed by atoms with Gasteiger partial charge in [-0.25, -0.2) is 4.79 Å². The summed E-state index contributed by atoms with van der Waals surface area (Å²) in [5, 5.41) is 11.1. The van der Waals surface area contributed by atoms with Crippen LogP contribution in [0.5, 0.6) is 0 Å². The van der Waals surface area contributed by atoms with Gasteiger partial charge in [-0.1, -0.05) is 0 Å². The van der Waals surface area contributed by atoms with E-state index in [4.69, 9.17) is 15.6 Å². The number of nitrogens with two attached hydrogens (primary N) is 1. The lowest BCUT2D eigenvalue weighted by molar-refractivity contribution is -0.158. The van der Waals surface area contributed by atoms with Crippen LogP contribution in [0, 0.1) is 0 Å². The smallest absolute Gasteiger partial charge is 0.326 e. The fourth-order valence-corrected chi connectivity index (χ4v) is 1.15. The van der Waals surface area contributed by atoms with Gasteiger partial charge in [0.1, 0.15) is 11.6 Å². The molecule has 4 N–H and O–H groups in total. The van der Waals surface area contributed by atoms with Crippen molar-refractivity contribution in [1.29, 1.82) is 0 Å². The third kappa shape index (κ3) is 7.61. The highest BCUT2D eigenvalue weighted by molar-refractivity contribution is 5.87. The van der Waals surface area contributed by atoms with Gasteiger partial charge in [0, 0.05) is 13.0 Å². The fraction of sp³-hybridized carbons (Fsp3) is 0.727. The van der Waals surface area contributed by atoms with Crippen LogP contribution in [0.2, 0.25) is 0 Å². The molecular weight excluding hydrogens is 240 g/mol. The van der Waals surface area contributed by atoms with Crippen LogP contribution in [-0.4, -0.2) is 41.1 Å². The zero-order chi connectivity index (χ0) is 14.3. The molecule has 0 unspecified atom stereocenters. The second kappa shape index (κ2) is 6.95. The van der Waals surface area contributed by atoms with Gasteiger partial charge in [-0.05, 0) is 20.8 Å². The summed E-state index contributed by atoms with van der Waals surface area (Å²) in [6, 6.07) is -1.29. The highest BCUT2D eigenvalue weighted by Crippen LogP contribution is 2.09. The van der Waals surface area contributed by atoms with Gasteiger partial charge in [0.05, 0.1) is 6.42 Å². The maximum absolute atomic E-state index is 11.5. The lowest BCUT2D eigenvalue weighted by Crippen LogP contribution is -2.43. The van der Waals surface area contributed by atoms with Gasteiger partial charge in [-0.2, -0.15) is 0 Å². The quantitative estimate of drug-likeness (QED) is 0.561. The molecule has 0 aromatic rings. The predicted molar refractivity (Wildman–Crippen MR) is 63.7 cm³/mol. The Balaban J connectivity index is 4.41. The van der Waals surface area contributed by atoms with E-state index in [0.29, 0.717) is 0 Å². The van der Waals surface area contributed by atoms with Crippen LogP contribution in [-0.2, 0) is 19.1 Å². The standard InChI is InChI=1S/C11H20N2O5/c1-11(2,3)18-9(15)6-7(10(16)17)13-8(14)4-5-12/h7H,4-6,12H2,1-3H3,(H,13,14)(H,16,17)/t7-/m0/s1. The zero-order valence-electron chi connectivity index (χ0n) is 10.9.